The lowest BCUT2D eigenvalue weighted by molar-refractivity contribution is 0.0472. The standard InChI is InChI=1S/C21H25NO4S/c1-17-9-11-18(12-10-17)16-26-21(23)19-7-6-8-20(15-19)27(24,25)22-13-4-2-3-5-14-22/h6-12,15H,2-5,13-14,16H2,1H3. The van der Waals surface area contributed by atoms with E-state index >= 15 is 0 Å². The van der Waals surface area contributed by atoms with Crippen LogP contribution >= 0.6 is 0 Å². The molecule has 1 aliphatic rings. The second kappa shape index (κ2) is 8.67. The van der Waals surface area contributed by atoms with Gasteiger partial charge in [-0.15, -0.1) is 0 Å². The number of hydrogen-bond acceptors (Lipinski definition) is 4. The van der Waals surface area contributed by atoms with Crippen molar-refractivity contribution in [2.24, 2.45) is 0 Å². The third-order valence-corrected chi connectivity index (χ3v) is 6.66. The summed E-state index contributed by atoms with van der Waals surface area (Å²) in [5.41, 5.74) is 2.27. The van der Waals surface area contributed by atoms with Crippen LogP contribution in [0, 0.1) is 6.92 Å². The van der Waals surface area contributed by atoms with Gasteiger partial charge in [-0.25, -0.2) is 13.2 Å². The molecule has 1 saturated heterocycles. The Kier molecular flexibility index (Phi) is 6.29. The van der Waals surface area contributed by atoms with Gasteiger partial charge in [0.1, 0.15) is 6.61 Å². The Balaban J connectivity index is 1.72. The summed E-state index contributed by atoms with van der Waals surface area (Å²) in [4.78, 5) is 12.5. The molecule has 2 aromatic carbocycles. The number of hydrogen-bond donors (Lipinski definition) is 0. The Bertz CT molecular complexity index is 883. The van der Waals surface area contributed by atoms with E-state index in [-0.39, 0.29) is 17.1 Å². The van der Waals surface area contributed by atoms with Crippen molar-refractivity contribution >= 4 is 16.0 Å². The smallest absolute Gasteiger partial charge is 0.338 e. The molecule has 1 heterocycles. The van der Waals surface area contributed by atoms with Crippen molar-refractivity contribution in [1.29, 1.82) is 0 Å². The zero-order valence-electron chi connectivity index (χ0n) is 15.6. The predicted molar refractivity (Wildman–Crippen MR) is 104 cm³/mol. The maximum atomic E-state index is 12.9. The summed E-state index contributed by atoms with van der Waals surface area (Å²) in [5.74, 6) is -0.525. The van der Waals surface area contributed by atoms with Gasteiger partial charge in [-0.3, -0.25) is 0 Å². The van der Waals surface area contributed by atoms with E-state index in [0.717, 1.165) is 36.8 Å². The van der Waals surface area contributed by atoms with E-state index in [0.29, 0.717) is 13.1 Å². The van der Waals surface area contributed by atoms with E-state index in [4.69, 9.17) is 4.74 Å². The van der Waals surface area contributed by atoms with Gasteiger partial charge in [0, 0.05) is 13.1 Å². The van der Waals surface area contributed by atoms with Crippen molar-refractivity contribution in [3.8, 4) is 0 Å². The number of carbonyl (C=O) groups excluding carboxylic acids is 1. The summed E-state index contributed by atoms with van der Waals surface area (Å²) >= 11 is 0. The van der Waals surface area contributed by atoms with Crippen molar-refractivity contribution in [3.63, 3.8) is 0 Å². The SMILES string of the molecule is Cc1ccc(COC(=O)c2cccc(S(=O)(=O)N3CCCCCC3)c2)cc1. The summed E-state index contributed by atoms with van der Waals surface area (Å²) in [6.45, 7) is 3.21. The number of rotatable bonds is 5. The summed E-state index contributed by atoms with van der Waals surface area (Å²) in [7, 11) is -3.59. The van der Waals surface area contributed by atoms with Crippen molar-refractivity contribution in [2.75, 3.05) is 13.1 Å². The van der Waals surface area contributed by atoms with Gasteiger partial charge >= 0.3 is 5.97 Å². The summed E-state index contributed by atoms with van der Waals surface area (Å²) in [6, 6.07) is 13.8. The van der Waals surface area contributed by atoms with Crippen LogP contribution in [0.25, 0.3) is 0 Å². The molecule has 144 valence electrons. The summed E-state index contributed by atoms with van der Waals surface area (Å²) in [5, 5.41) is 0. The maximum absolute atomic E-state index is 12.9. The fourth-order valence-electron chi connectivity index (χ4n) is 3.13. The average molecular weight is 388 g/mol. The van der Waals surface area contributed by atoms with Crippen molar-refractivity contribution in [2.45, 2.75) is 44.1 Å². The molecule has 3 rings (SSSR count). The number of benzene rings is 2. The first-order chi connectivity index (χ1) is 13.0. The van der Waals surface area contributed by atoms with Crippen LogP contribution < -0.4 is 0 Å². The van der Waals surface area contributed by atoms with E-state index < -0.39 is 16.0 Å². The quantitative estimate of drug-likeness (QED) is 0.730. The number of esters is 1. The Hall–Kier alpha value is -2.18. The van der Waals surface area contributed by atoms with Crippen LogP contribution in [0.3, 0.4) is 0 Å². The molecule has 27 heavy (non-hydrogen) atoms. The topological polar surface area (TPSA) is 63.7 Å². The van der Waals surface area contributed by atoms with Crippen molar-refractivity contribution < 1.29 is 17.9 Å². The molecule has 0 saturated carbocycles. The Morgan fingerprint density at radius 3 is 2.33 bits per heavy atom. The maximum Gasteiger partial charge on any atom is 0.338 e. The lowest BCUT2D eigenvalue weighted by Gasteiger charge is -2.20. The molecule has 0 N–H and O–H groups in total. The van der Waals surface area contributed by atoms with Gasteiger partial charge < -0.3 is 4.74 Å². The Morgan fingerprint density at radius 1 is 1.00 bits per heavy atom. The van der Waals surface area contributed by atoms with Crippen LogP contribution in [0.5, 0.6) is 0 Å². The van der Waals surface area contributed by atoms with Crippen molar-refractivity contribution in [1.82, 2.24) is 4.31 Å². The first-order valence-corrected chi connectivity index (χ1v) is 10.7. The third-order valence-electron chi connectivity index (χ3n) is 4.76. The molecule has 0 spiro atoms. The Labute approximate surface area is 161 Å². The summed E-state index contributed by atoms with van der Waals surface area (Å²) < 4.78 is 32.7. The molecular weight excluding hydrogens is 362 g/mol. The molecule has 2 aromatic rings. The van der Waals surface area contributed by atoms with E-state index in [2.05, 4.69) is 0 Å². The normalized spacial score (nSPS) is 15.9. The fraction of sp³-hybridized carbons (Fsp3) is 0.381. The molecule has 0 aliphatic carbocycles. The fourth-order valence-corrected chi connectivity index (χ4v) is 4.69. The molecule has 0 bridgehead atoms. The monoisotopic (exact) mass is 387 g/mol. The van der Waals surface area contributed by atoms with Crippen LogP contribution in [-0.2, 0) is 21.4 Å². The molecule has 0 amide bonds. The van der Waals surface area contributed by atoms with E-state index in [9.17, 15) is 13.2 Å². The van der Waals surface area contributed by atoms with Crippen LogP contribution in [-0.4, -0.2) is 31.8 Å². The lowest BCUT2D eigenvalue weighted by Crippen LogP contribution is -2.32. The third kappa shape index (κ3) is 4.96. The molecule has 0 unspecified atom stereocenters. The number of carbonyl (C=O) groups is 1. The Morgan fingerprint density at radius 2 is 1.67 bits per heavy atom. The van der Waals surface area contributed by atoms with Gasteiger partial charge in [0.25, 0.3) is 0 Å². The first-order valence-electron chi connectivity index (χ1n) is 9.30. The number of sulfonamides is 1. The molecule has 0 atom stereocenters. The molecule has 0 radical (unpaired) electrons. The van der Waals surface area contributed by atoms with Gasteiger partial charge in [0.2, 0.25) is 10.0 Å². The molecule has 1 aliphatic heterocycles. The number of ether oxygens (including phenoxy) is 1. The van der Waals surface area contributed by atoms with Crippen LogP contribution in [0.1, 0.15) is 47.2 Å². The molecule has 1 fully saturated rings. The molecule has 0 aromatic heterocycles. The van der Waals surface area contributed by atoms with E-state index in [1.807, 2.05) is 31.2 Å². The highest BCUT2D eigenvalue weighted by Gasteiger charge is 2.26. The highest BCUT2D eigenvalue weighted by Crippen LogP contribution is 2.21. The molecular formula is C21H25NO4S. The number of aryl methyl sites for hydroxylation is 1. The summed E-state index contributed by atoms with van der Waals surface area (Å²) in [6.07, 6.45) is 3.85. The second-order valence-electron chi connectivity index (χ2n) is 6.91. The minimum Gasteiger partial charge on any atom is -0.457 e. The number of nitrogens with zero attached hydrogens (tertiary/aromatic N) is 1. The predicted octanol–water partition coefficient (Wildman–Crippen LogP) is 3.92. The van der Waals surface area contributed by atoms with Gasteiger partial charge in [-0.05, 0) is 43.5 Å². The largest absolute Gasteiger partial charge is 0.457 e. The average Bonchev–Trinajstić information content (AvgIpc) is 2.97. The van der Waals surface area contributed by atoms with Crippen LogP contribution in [0.2, 0.25) is 0 Å². The van der Waals surface area contributed by atoms with Gasteiger partial charge in [-0.1, -0.05) is 48.7 Å². The minimum absolute atomic E-state index is 0.147. The second-order valence-corrected chi connectivity index (χ2v) is 8.85. The molecule has 5 nitrogen and oxygen atoms in total. The van der Waals surface area contributed by atoms with Crippen LogP contribution in [0.4, 0.5) is 0 Å². The van der Waals surface area contributed by atoms with Gasteiger partial charge in [0.15, 0.2) is 0 Å². The highest BCUT2D eigenvalue weighted by molar-refractivity contribution is 7.89. The van der Waals surface area contributed by atoms with Gasteiger partial charge in [-0.2, -0.15) is 4.31 Å². The lowest BCUT2D eigenvalue weighted by atomic mass is 10.2. The van der Waals surface area contributed by atoms with Crippen molar-refractivity contribution in [3.05, 3.63) is 65.2 Å². The van der Waals surface area contributed by atoms with E-state index in [1.165, 1.54) is 16.4 Å². The van der Waals surface area contributed by atoms with E-state index in [1.54, 1.807) is 12.1 Å². The van der Waals surface area contributed by atoms with Crippen LogP contribution in [0.15, 0.2) is 53.4 Å². The molecule has 6 heteroatoms. The van der Waals surface area contributed by atoms with Gasteiger partial charge in [0.05, 0.1) is 10.5 Å². The minimum atomic E-state index is -3.59. The highest BCUT2D eigenvalue weighted by atomic mass is 32.2. The first kappa shape index (κ1) is 19.6. The zero-order chi connectivity index (χ0) is 19.3. The zero-order valence-corrected chi connectivity index (χ0v) is 16.4.